The van der Waals surface area contributed by atoms with Gasteiger partial charge in [0.1, 0.15) is 11.3 Å². The summed E-state index contributed by atoms with van der Waals surface area (Å²) < 4.78 is 11.5. The molecule has 1 amide bonds. The number of anilines is 1. The van der Waals surface area contributed by atoms with Gasteiger partial charge in [-0.25, -0.2) is 4.98 Å². The number of rotatable bonds is 6. The molecule has 0 saturated heterocycles. The van der Waals surface area contributed by atoms with E-state index in [0.717, 1.165) is 5.56 Å². The number of carbonyl (C=O) groups is 1. The molecule has 1 heterocycles. The number of carbonyl (C=O) groups excluding carboxylic acids is 1. The Bertz CT molecular complexity index is 1190. The predicted octanol–water partition coefficient (Wildman–Crippen LogP) is 6.13. The van der Waals surface area contributed by atoms with Crippen molar-refractivity contribution in [1.29, 1.82) is 0 Å². The lowest BCUT2D eigenvalue weighted by molar-refractivity contribution is -0.122. The minimum Gasteiger partial charge on any atom is -0.479 e. The molecule has 1 aromatic heterocycles. The van der Waals surface area contributed by atoms with Crippen LogP contribution in [0.1, 0.15) is 18.4 Å². The van der Waals surface area contributed by atoms with Crippen LogP contribution in [0.5, 0.6) is 5.75 Å². The molecule has 0 spiro atoms. The largest absolute Gasteiger partial charge is 0.479 e. The number of nitrogens with zero attached hydrogens (tertiary/aromatic N) is 1. The topological polar surface area (TPSA) is 64.4 Å². The van der Waals surface area contributed by atoms with Gasteiger partial charge in [0, 0.05) is 17.1 Å². The van der Waals surface area contributed by atoms with E-state index < -0.39 is 6.10 Å². The van der Waals surface area contributed by atoms with Crippen molar-refractivity contribution in [3.63, 3.8) is 0 Å². The lowest BCUT2D eigenvalue weighted by Crippen LogP contribution is -2.30. The van der Waals surface area contributed by atoms with Gasteiger partial charge in [-0.1, -0.05) is 53.5 Å². The zero-order valence-electron chi connectivity index (χ0n) is 16.1. The van der Waals surface area contributed by atoms with E-state index in [0.29, 0.717) is 44.9 Å². The van der Waals surface area contributed by atoms with E-state index in [1.807, 2.05) is 30.3 Å². The van der Waals surface area contributed by atoms with Crippen LogP contribution in [0.3, 0.4) is 0 Å². The van der Waals surface area contributed by atoms with Crippen molar-refractivity contribution in [3.05, 3.63) is 88.2 Å². The summed E-state index contributed by atoms with van der Waals surface area (Å²) in [7, 11) is 0. The Balaban J connectivity index is 1.44. The molecule has 7 heteroatoms. The summed E-state index contributed by atoms with van der Waals surface area (Å²) in [6, 6.07) is 20.1. The van der Waals surface area contributed by atoms with Crippen molar-refractivity contribution in [1.82, 2.24) is 4.98 Å². The zero-order chi connectivity index (χ0) is 21.1. The average molecular weight is 441 g/mol. The van der Waals surface area contributed by atoms with Crippen LogP contribution in [0.2, 0.25) is 10.0 Å². The lowest BCUT2D eigenvalue weighted by Gasteiger charge is -2.15. The normalized spacial score (nSPS) is 12.0. The molecular formula is C23H18Cl2N2O3. The van der Waals surface area contributed by atoms with Crippen LogP contribution in [0.4, 0.5) is 5.69 Å². The highest BCUT2D eigenvalue weighted by Crippen LogP contribution is 2.28. The van der Waals surface area contributed by atoms with Crippen LogP contribution in [0, 0.1) is 0 Å². The van der Waals surface area contributed by atoms with Crippen LogP contribution < -0.4 is 10.1 Å². The quantitative estimate of drug-likeness (QED) is 0.391. The Morgan fingerprint density at radius 1 is 1.10 bits per heavy atom. The second-order valence-electron chi connectivity index (χ2n) is 6.78. The minimum absolute atomic E-state index is 0.312. The van der Waals surface area contributed by atoms with E-state index >= 15 is 0 Å². The molecule has 4 aromatic rings. The molecule has 0 aliphatic heterocycles. The van der Waals surface area contributed by atoms with Gasteiger partial charge in [0.25, 0.3) is 5.91 Å². The maximum Gasteiger partial charge on any atom is 0.265 e. The lowest BCUT2D eigenvalue weighted by atomic mass is 10.1. The molecular weight excluding hydrogens is 423 g/mol. The van der Waals surface area contributed by atoms with Gasteiger partial charge in [-0.15, -0.1) is 0 Å². The number of oxazole rings is 1. The first kappa shape index (κ1) is 20.3. The second-order valence-corrected chi connectivity index (χ2v) is 7.62. The highest BCUT2D eigenvalue weighted by Gasteiger charge is 2.17. The molecule has 0 saturated carbocycles. The van der Waals surface area contributed by atoms with Crippen LogP contribution in [0.25, 0.3) is 11.1 Å². The summed E-state index contributed by atoms with van der Waals surface area (Å²) >= 11 is 12.0. The Morgan fingerprint density at radius 3 is 2.67 bits per heavy atom. The summed E-state index contributed by atoms with van der Waals surface area (Å²) in [5.74, 6) is 0.698. The Hall–Kier alpha value is -3.02. The van der Waals surface area contributed by atoms with Gasteiger partial charge in [0.05, 0.1) is 5.02 Å². The fourth-order valence-corrected chi connectivity index (χ4v) is 3.41. The summed E-state index contributed by atoms with van der Waals surface area (Å²) in [6.07, 6.45) is -0.158. The molecule has 30 heavy (non-hydrogen) atoms. The van der Waals surface area contributed by atoms with E-state index in [1.165, 1.54) is 0 Å². The number of ether oxygens (including phenoxy) is 1. The Kier molecular flexibility index (Phi) is 5.93. The molecule has 0 radical (unpaired) electrons. The smallest absolute Gasteiger partial charge is 0.265 e. The third kappa shape index (κ3) is 4.75. The zero-order valence-corrected chi connectivity index (χ0v) is 17.6. The molecule has 1 atom stereocenters. The highest BCUT2D eigenvalue weighted by atomic mass is 35.5. The average Bonchev–Trinajstić information content (AvgIpc) is 3.12. The predicted molar refractivity (Wildman–Crippen MR) is 118 cm³/mol. The molecule has 0 unspecified atom stereocenters. The fraction of sp³-hybridized carbons (Fsp3) is 0.130. The SMILES string of the molecule is C[C@@H](Oc1ccc(Cl)cc1Cl)C(=O)Nc1ccc2oc(Cc3ccccc3)nc2c1. The number of hydrogen-bond donors (Lipinski definition) is 1. The summed E-state index contributed by atoms with van der Waals surface area (Å²) in [6.45, 7) is 1.65. The summed E-state index contributed by atoms with van der Waals surface area (Å²) in [5, 5.41) is 3.67. The number of aromatic nitrogens is 1. The van der Waals surface area contributed by atoms with Crippen molar-refractivity contribution in [2.45, 2.75) is 19.4 Å². The first-order chi connectivity index (χ1) is 14.5. The monoisotopic (exact) mass is 440 g/mol. The van der Waals surface area contributed by atoms with Gasteiger partial charge in [0.15, 0.2) is 17.6 Å². The van der Waals surface area contributed by atoms with E-state index in [-0.39, 0.29) is 5.91 Å². The molecule has 0 fully saturated rings. The Labute approximate surface area is 183 Å². The van der Waals surface area contributed by atoms with Gasteiger partial charge >= 0.3 is 0 Å². The second kappa shape index (κ2) is 8.78. The van der Waals surface area contributed by atoms with Crippen LogP contribution in [0.15, 0.2) is 71.1 Å². The van der Waals surface area contributed by atoms with Crippen molar-refractivity contribution in [3.8, 4) is 5.75 Å². The van der Waals surface area contributed by atoms with Crippen LogP contribution in [-0.2, 0) is 11.2 Å². The van der Waals surface area contributed by atoms with E-state index in [9.17, 15) is 4.79 Å². The molecule has 152 valence electrons. The number of halogens is 2. The molecule has 0 aliphatic rings. The first-order valence-corrected chi connectivity index (χ1v) is 10.1. The molecule has 5 nitrogen and oxygen atoms in total. The van der Waals surface area contributed by atoms with Gasteiger partial charge < -0.3 is 14.5 Å². The molecule has 3 aromatic carbocycles. The number of benzene rings is 3. The van der Waals surface area contributed by atoms with Crippen molar-refractivity contribution >= 4 is 45.9 Å². The summed E-state index contributed by atoms with van der Waals surface area (Å²) in [4.78, 5) is 17.1. The van der Waals surface area contributed by atoms with E-state index in [2.05, 4.69) is 10.3 Å². The van der Waals surface area contributed by atoms with E-state index in [1.54, 1.807) is 43.3 Å². The fourth-order valence-electron chi connectivity index (χ4n) is 2.96. The maximum absolute atomic E-state index is 12.5. The van der Waals surface area contributed by atoms with Crippen molar-refractivity contribution < 1.29 is 13.9 Å². The molecule has 0 bridgehead atoms. The van der Waals surface area contributed by atoms with Crippen molar-refractivity contribution in [2.75, 3.05) is 5.32 Å². The number of fused-ring (bicyclic) bond motifs is 1. The third-order valence-corrected chi connectivity index (χ3v) is 4.99. The molecule has 1 N–H and O–H groups in total. The Morgan fingerprint density at radius 2 is 1.90 bits per heavy atom. The standard InChI is InChI=1S/C23H18Cl2N2O3/c1-14(29-20-9-7-16(24)12-18(20)25)23(28)26-17-8-10-21-19(13-17)27-22(30-21)11-15-5-3-2-4-6-15/h2-10,12-14H,11H2,1H3,(H,26,28)/t14-/m1/s1. The summed E-state index contributed by atoms with van der Waals surface area (Å²) in [5.41, 5.74) is 3.05. The van der Waals surface area contributed by atoms with Crippen LogP contribution in [-0.4, -0.2) is 17.0 Å². The first-order valence-electron chi connectivity index (χ1n) is 9.34. The number of hydrogen-bond acceptors (Lipinski definition) is 4. The van der Waals surface area contributed by atoms with E-state index in [4.69, 9.17) is 32.4 Å². The van der Waals surface area contributed by atoms with Gasteiger partial charge in [-0.05, 0) is 48.9 Å². The van der Waals surface area contributed by atoms with Crippen LogP contribution >= 0.6 is 23.2 Å². The van der Waals surface area contributed by atoms with Gasteiger partial charge in [-0.2, -0.15) is 0 Å². The third-order valence-electron chi connectivity index (χ3n) is 4.46. The van der Waals surface area contributed by atoms with Gasteiger partial charge in [0.2, 0.25) is 0 Å². The van der Waals surface area contributed by atoms with Gasteiger partial charge in [-0.3, -0.25) is 4.79 Å². The van der Waals surface area contributed by atoms with Crippen molar-refractivity contribution in [2.24, 2.45) is 0 Å². The maximum atomic E-state index is 12.5. The minimum atomic E-state index is -0.759. The molecule has 4 rings (SSSR count). The highest BCUT2D eigenvalue weighted by molar-refractivity contribution is 6.35. The number of amides is 1. The molecule has 0 aliphatic carbocycles. The number of nitrogens with one attached hydrogen (secondary N) is 1.